The van der Waals surface area contributed by atoms with E-state index in [9.17, 15) is 10.2 Å². The number of benzene rings is 2. The summed E-state index contributed by atoms with van der Waals surface area (Å²) in [5, 5.41) is 19.2. The van der Waals surface area contributed by atoms with Crippen LogP contribution in [0.5, 0.6) is 5.75 Å². The molecule has 0 aliphatic heterocycles. The number of nitrogens with zero attached hydrogens (tertiary/aromatic N) is 2. The first-order chi connectivity index (χ1) is 10.3. The summed E-state index contributed by atoms with van der Waals surface area (Å²) in [6.07, 6.45) is 1.72. The number of aromatic nitrogens is 2. The van der Waals surface area contributed by atoms with Crippen LogP contribution in [0, 0.1) is 0 Å². The van der Waals surface area contributed by atoms with Crippen molar-refractivity contribution >= 4 is 0 Å². The maximum Gasteiger partial charge on any atom is 0.115 e. The summed E-state index contributed by atoms with van der Waals surface area (Å²) >= 11 is 0. The molecule has 1 aromatic heterocycles. The summed E-state index contributed by atoms with van der Waals surface area (Å²) < 4.78 is 1.90. The Morgan fingerprint density at radius 2 is 1.81 bits per heavy atom. The molecule has 2 aromatic carbocycles. The minimum absolute atomic E-state index is 0.0803. The first-order valence-electron chi connectivity index (χ1n) is 6.76. The number of phenolic OH excluding ortho intramolecular Hbond substituents is 1. The van der Waals surface area contributed by atoms with Crippen LogP contribution in [0.25, 0.3) is 11.3 Å². The van der Waals surface area contributed by atoms with Crippen LogP contribution in [0.2, 0.25) is 0 Å². The maximum atomic E-state index is 9.67. The highest BCUT2D eigenvalue weighted by atomic mass is 16.3. The fourth-order valence-corrected chi connectivity index (χ4v) is 2.40. The number of aliphatic hydroxyl groups excluding tert-OH is 1. The van der Waals surface area contributed by atoms with Crippen molar-refractivity contribution < 1.29 is 10.2 Å². The van der Waals surface area contributed by atoms with Gasteiger partial charge in [-0.05, 0) is 17.7 Å². The first kappa shape index (κ1) is 13.4. The van der Waals surface area contributed by atoms with Gasteiger partial charge in [-0.15, -0.1) is 0 Å². The Kier molecular flexibility index (Phi) is 3.71. The van der Waals surface area contributed by atoms with E-state index >= 15 is 0 Å². The van der Waals surface area contributed by atoms with Gasteiger partial charge in [0.15, 0.2) is 0 Å². The number of hydrogen-bond acceptors (Lipinski definition) is 3. The van der Waals surface area contributed by atoms with Gasteiger partial charge in [0, 0.05) is 12.1 Å². The molecule has 0 aliphatic rings. The smallest absolute Gasteiger partial charge is 0.115 e. The Morgan fingerprint density at radius 3 is 2.52 bits per heavy atom. The van der Waals surface area contributed by atoms with Gasteiger partial charge in [0.25, 0.3) is 0 Å². The standard InChI is InChI=1S/C17H16N2O2/c20-11-16-17(14-6-2-1-3-7-14)18-12-19(16)10-13-5-4-8-15(21)9-13/h1-9,12,20-21H,10-11H2. The molecule has 0 fully saturated rings. The number of aliphatic hydroxyl groups is 1. The van der Waals surface area contributed by atoms with E-state index in [1.54, 1.807) is 24.5 Å². The Balaban J connectivity index is 1.95. The molecule has 0 atom stereocenters. The van der Waals surface area contributed by atoms with Gasteiger partial charge in [-0.1, -0.05) is 42.5 Å². The highest BCUT2D eigenvalue weighted by Gasteiger charge is 2.12. The molecule has 4 heteroatoms. The highest BCUT2D eigenvalue weighted by molar-refractivity contribution is 5.61. The molecule has 3 aromatic rings. The molecule has 2 N–H and O–H groups in total. The van der Waals surface area contributed by atoms with E-state index < -0.39 is 0 Å². The molecule has 106 valence electrons. The molecule has 0 radical (unpaired) electrons. The van der Waals surface area contributed by atoms with Crippen molar-refractivity contribution in [1.82, 2.24) is 9.55 Å². The fourth-order valence-electron chi connectivity index (χ4n) is 2.40. The zero-order chi connectivity index (χ0) is 14.7. The lowest BCUT2D eigenvalue weighted by molar-refractivity contribution is 0.272. The van der Waals surface area contributed by atoms with Crippen molar-refractivity contribution in [1.29, 1.82) is 0 Å². The summed E-state index contributed by atoms with van der Waals surface area (Å²) in [6.45, 7) is 0.479. The molecule has 0 aliphatic carbocycles. The Morgan fingerprint density at radius 1 is 1.00 bits per heavy atom. The molecule has 3 rings (SSSR count). The molecule has 0 saturated carbocycles. The Bertz CT molecular complexity index is 736. The SMILES string of the molecule is OCc1c(-c2ccccc2)ncn1Cc1cccc(O)c1. The molecule has 0 spiro atoms. The average molecular weight is 280 g/mol. The summed E-state index contributed by atoms with van der Waals surface area (Å²) in [6, 6.07) is 16.9. The van der Waals surface area contributed by atoms with Crippen LogP contribution >= 0.6 is 0 Å². The minimum Gasteiger partial charge on any atom is -0.508 e. The summed E-state index contributed by atoms with van der Waals surface area (Å²) in [5.41, 5.74) is 3.50. The highest BCUT2D eigenvalue weighted by Crippen LogP contribution is 2.23. The van der Waals surface area contributed by atoms with Crippen molar-refractivity contribution in [3.05, 3.63) is 72.2 Å². The van der Waals surface area contributed by atoms with Gasteiger partial charge >= 0.3 is 0 Å². The van der Waals surface area contributed by atoms with Crippen LogP contribution in [0.15, 0.2) is 60.9 Å². The lowest BCUT2D eigenvalue weighted by atomic mass is 10.1. The van der Waals surface area contributed by atoms with Crippen molar-refractivity contribution in [3.8, 4) is 17.0 Å². The van der Waals surface area contributed by atoms with E-state index in [1.165, 1.54) is 0 Å². The van der Waals surface area contributed by atoms with Gasteiger partial charge in [-0.3, -0.25) is 0 Å². The van der Waals surface area contributed by atoms with Crippen molar-refractivity contribution in [2.75, 3.05) is 0 Å². The molecule has 0 unspecified atom stereocenters. The van der Waals surface area contributed by atoms with E-state index in [0.717, 1.165) is 22.5 Å². The zero-order valence-corrected chi connectivity index (χ0v) is 11.5. The number of aromatic hydroxyl groups is 1. The Hall–Kier alpha value is -2.59. The summed E-state index contributed by atoms with van der Waals surface area (Å²) in [4.78, 5) is 4.42. The number of hydrogen-bond donors (Lipinski definition) is 2. The molecule has 0 bridgehead atoms. The van der Waals surface area contributed by atoms with Crippen LogP contribution in [0.1, 0.15) is 11.3 Å². The number of phenols is 1. The maximum absolute atomic E-state index is 9.67. The third-order valence-corrected chi connectivity index (χ3v) is 3.41. The predicted octanol–water partition coefficient (Wildman–Crippen LogP) is 2.80. The van der Waals surface area contributed by atoms with E-state index in [0.29, 0.717) is 6.54 Å². The fraction of sp³-hybridized carbons (Fsp3) is 0.118. The van der Waals surface area contributed by atoms with Gasteiger partial charge in [0.05, 0.1) is 24.3 Å². The zero-order valence-electron chi connectivity index (χ0n) is 11.5. The molecule has 1 heterocycles. The van der Waals surface area contributed by atoms with Gasteiger partial charge < -0.3 is 14.8 Å². The largest absolute Gasteiger partial charge is 0.508 e. The minimum atomic E-state index is -0.0803. The molecular formula is C17H16N2O2. The second kappa shape index (κ2) is 5.81. The monoisotopic (exact) mass is 280 g/mol. The van der Waals surface area contributed by atoms with E-state index in [1.807, 2.05) is 41.0 Å². The van der Waals surface area contributed by atoms with E-state index in [2.05, 4.69) is 4.98 Å². The quantitative estimate of drug-likeness (QED) is 0.772. The summed E-state index contributed by atoms with van der Waals surface area (Å²) in [5.74, 6) is 0.237. The average Bonchev–Trinajstić information content (AvgIpc) is 2.91. The third kappa shape index (κ3) is 2.80. The third-order valence-electron chi connectivity index (χ3n) is 3.41. The van der Waals surface area contributed by atoms with Crippen LogP contribution in [0.3, 0.4) is 0 Å². The second-order valence-electron chi connectivity index (χ2n) is 4.86. The van der Waals surface area contributed by atoms with E-state index in [-0.39, 0.29) is 12.4 Å². The molecule has 21 heavy (non-hydrogen) atoms. The topological polar surface area (TPSA) is 58.3 Å². The normalized spacial score (nSPS) is 10.7. The van der Waals surface area contributed by atoms with Crippen LogP contribution in [-0.4, -0.2) is 19.8 Å². The van der Waals surface area contributed by atoms with Crippen molar-refractivity contribution in [3.63, 3.8) is 0 Å². The van der Waals surface area contributed by atoms with Crippen LogP contribution in [-0.2, 0) is 13.2 Å². The molecule has 0 saturated heterocycles. The van der Waals surface area contributed by atoms with Gasteiger partial charge in [-0.2, -0.15) is 0 Å². The Labute approximate surface area is 123 Å². The number of rotatable bonds is 4. The van der Waals surface area contributed by atoms with E-state index in [4.69, 9.17) is 0 Å². The van der Waals surface area contributed by atoms with Crippen molar-refractivity contribution in [2.24, 2.45) is 0 Å². The molecular weight excluding hydrogens is 264 g/mol. The van der Waals surface area contributed by atoms with Gasteiger partial charge in [0.1, 0.15) is 5.75 Å². The second-order valence-corrected chi connectivity index (χ2v) is 4.86. The first-order valence-corrected chi connectivity index (χ1v) is 6.76. The van der Waals surface area contributed by atoms with Gasteiger partial charge in [0.2, 0.25) is 0 Å². The van der Waals surface area contributed by atoms with Crippen molar-refractivity contribution in [2.45, 2.75) is 13.2 Å². The van der Waals surface area contributed by atoms with Crippen LogP contribution < -0.4 is 0 Å². The lowest BCUT2D eigenvalue weighted by Gasteiger charge is -2.08. The van der Waals surface area contributed by atoms with Gasteiger partial charge in [-0.25, -0.2) is 4.98 Å². The number of imidazole rings is 1. The molecule has 4 nitrogen and oxygen atoms in total. The molecule has 0 amide bonds. The summed E-state index contributed by atoms with van der Waals surface area (Å²) in [7, 11) is 0. The van der Waals surface area contributed by atoms with Crippen LogP contribution in [0.4, 0.5) is 0 Å². The lowest BCUT2D eigenvalue weighted by Crippen LogP contribution is -2.04. The predicted molar refractivity (Wildman–Crippen MR) is 80.8 cm³/mol.